The van der Waals surface area contributed by atoms with Gasteiger partial charge in [-0.3, -0.25) is 5.10 Å². The molecule has 0 amide bonds. The highest BCUT2D eigenvalue weighted by atomic mass is 19.2. The molecule has 1 heterocycles. The van der Waals surface area contributed by atoms with Gasteiger partial charge in [-0.2, -0.15) is 5.10 Å². The molecule has 0 saturated carbocycles. The Morgan fingerprint density at radius 2 is 1.79 bits per heavy atom. The van der Waals surface area contributed by atoms with Gasteiger partial charge < -0.3 is 5.73 Å². The van der Waals surface area contributed by atoms with Crippen molar-refractivity contribution in [2.24, 2.45) is 5.73 Å². The van der Waals surface area contributed by atoms with E-state index in [9.17, 15) is 8.78 Å². The number of hydrogen-bond acceptors (Lipinski definition) is 3. The predicted octanol–water partition coefficient (Wildman–Crippen LogP) is 3.31. The van der Waals surface area contributed by atoms with E-state index < -0.39 is 11.6 Å². The minimum Gasteiger partial charge on any atom is -0.321 e. The quantitative estimate of drug-likeness (QED) is 0.729. The smallest absolute Gasteiger partial charge is 0.159 e. The van der Waals surface area contributed by atoms with Crippen molar-refractivity contribution in [1.29, 1.82) is 0 Å². The van der Waals surface area contributed by atoms with E-state index in [-0.39, 0.29) is 6.04 Å². The molecule has 6 heteroatoms. The Kier molecular flexibility index (Phi) is 4.96. The van der Waals surface area contributed by atoms with Crippen LogP contribution in [0.2, 0.25) is 0 Å². The van der Waals surface area contributed by atoms with Crippen LogP contribution in [0.1, 0.15) is 35.2 Å². The number of nitrogens with one attached hydrogen (secondary N) is 1. The van der Waals surface area contributed by atoms with Crippen molar-refractivity contribution in [3.05, 3.63) is 82.9 Å². The number of hydrogen-bond donors (Lipinski definition) is 2. The van der Waals surface area contributed by atoms with Crippen LogP contribution in [0.4, 0.5) is 8.78 Å². The van der Waals surface area contributed by atoms with Crippen LogP contribution >= 0.6 is 0 Å². The molecule has 1 aromatic heterocycles. The van der Waals surface area contributed by atoms with Crippen LogP contribution in [-0.4, -0.2) is 15.2 Å². The number of nitrogens with zero attached hydrogens (tertiary/aromatic N) is 2. The first-order valence-corrected chi connectivity index (χ1v) is 7.76. The second-order valence-corrected chi connectivity index (χ2v) is 5.69. The van der Waals surface area contributed by atoms with Crippen molar-refractivity contribution in [2.75, 3.05) is 0 Å². The molecule has 124 valence electrons. The maximum absolute atomic E-state index is 13.2. The topological polar surface area (TPSA) is 67.6 Å². The van der Waals surface area contributed by atoms with Gasteiger partial charge in [0.2, 0.25) is 0 Å². The summed E-state index contributed by atoms with van der Waals surface area (Å²) >= 11 is 0. The Hall–Kier alpha value is -2.60. The largest absolute Gasteiger partial charge is 0.321 e. The van der Waals surface area contributed by atoms with Gasteiger partial charge in [0, 0.05) is 6.42 Å². The maximum atomic E-state index is 13.2. The molecule has 0 spiro atoms. The van der Waals surface area contributed by atoms with Crippen molar-refractivity contribution in [3.63, 3.8) is 0 Å². The van der Waals surface area contributed by atoms with Gasteiger partial charge in [-0.15, -0.1) is 0 Å². The fraction of sp³-hybridized carbons (Fsp3) is 0.222. The molecule has 1 atom stereocenters. The molecule has 2 aromatic carbocycles. The van der Waals surface area contributed by atoms with Gasteiger partial charge in [-0.25, -0.2) is 13.8 Å². The lowest BCUT2D eigenvalue weighted by molar-refractivity contribution is 0.507. The summed E-state index contributed by atoms with van der Waals surface area (Å²) in [6, 6.07) is 13.6. The Labute approximate surface area is 138 Å². The number of aryl methyl sites for hydroxylation is 1. The second-order valence-electron chi connectivity index (χ2n) is 5.69. The molecule has 24 heavy (non-hydrogen) atoms. The van der Waals surface area contributed by atoms with E-state index in [0.717, 1.165) is 25.0 Å². The summed E-state index contributed by atoms with van der Waals surface area (Å²) in [6.07, 6.45) is 1.91. The minimum absolute atomic E-state index is 0.253. The molecule has 0 radical (unpaired) electrons. The fourth-order valence-electron chi connectivity index (χ4n) is 2.49. The molecule has 3 aromatic rings. The van der Waals surface area contributed by atoms with Gasteiger partial charge in [-0.1, -0.05) is 36.4 Å². The number of nitrogens with two attached hydrogens (primary N) is 1. The van der Waals surface area contributed by atoms with Crippen molar-refractivity contribution in [2.45, 2.75) is 25.3 Å². The molecular weight excluding hydrogens is 310 g/mol. The molecule has 3 N–H and O–H groups in total. The maximum Gasteiger partial charge on any atom is 0.159 e. The lowest BCUT2D eigenvalue weighted by atomic mass is 10.1. The minimum atomic E-state index is -0.872. The first kappa shape index (κ1) is 16.3. The average Bonchev–Trinajstić information content (AvgIpc) is 3.05. The van der Waals surface area contributed by atoms with E-state index in [2.05, 4.69) is 27.3 Å². The van der Waals surface area contributed by atoms with Crippen LogP contribution in [0.3, 0.4) is 0 Å². The first-order valence-electron chi connectivity index (χ1n) is 7.76. The molecule has 3 rings (SSSR count). The van der Waals surface area contributed by atoms with Gasteiger partial charge in [-0.05, 0) is 36.1 Å². The standard InChI is InChI=1S/C18H18F2N4/c19-14-8-6-13(10-15(14)20)11-17-22-18(24-23-17)16(21)9-7-12-4-2-1-3-5-12/h1-6,8,10,16H,7,9,11,21H2,(H,22,23,24)/t16-/m1/s1. The number of aromatic nitrogens is 3. The summed E-state index contributed by atoms with van der Waals surface area (Å²) in [7, 11) is 0. The van der Waals surface area contributed by atoms with Crippen LogP contribution in [0, 0.1) is 11.6 Å². The summed E-state index contributed by atoms with van der Waals surface area (Å²) in [5.74, 6) is -0.630. The van der Waals surface area contributed by atoms with Crippen molar-refractivity contribution >= 4 is 0 Å². The van der Waals surface area contributed by atoms with Gasteiger partial charge >= 0.3 is 0 Å². The van der Waals surface area contributed by atoms with E-state index in [1.807, 2.05) is 18.2 Å². The van der Waals surface area contributed by atoms with Crippen LogP contribution in [-0.2, 0) is 12.8 Å². The average molecular weight is 328 g/mol. The number of benzene rings is 2. The highest BCUT2D eigenvalue weighted by molar-refractivity contribution is 5.21. The van der Waals surface area contributed by atoms with Gasteiger partial charge in [0.25, 0.3) is 0 Å². The molecular formula is C18H18F2N4. The zero-order valence-corrected chi connectivity index (χ0v) is 13.0. The van der Waals surface area contributed by atoms with Crippen LogP contribution < -0.4 is 5.73 Å². The molecule has 0 unspecified atom stereocenters. The van der Waals surface area contributed by atoms with Gasteiger partial charge in [0.05, 0.1) is 6.04 Å². The third-order valence-electron chi connectivity index (χ3n) is 3.83. The SMILES string of the molecule is N[C@H](CCc1ccccc1)c1nc(Cc2ccc(F)c(F)c2)n[nH]1. The Morgan fingerprint density at radius 1 is 1.00 bits per heavy atom. The molecule has 4 nitrogen and oxygen atoms in total. The molecule has 0 fully saturated rings. The van der Waals surface area contributed by atoms with E-state index in [1.54, 1.807) is 0 Å². The number of halogens is 2. The molecule has 0 aliphatic rings. The van der Waals surface area contributed by atoms with Gasteiger partial charge in [0.1, 0.15) is 5.82 Å². The summed E-state index contributed by atoms with van der Waals surface area (Å²) in [6.45, 7) is 0. The summed E-state index contributed by atoms with van der Waals surface area (Å²) < 4.78 is 26.2. The number of H-pyrrole nitrogens is 1. The lowest BCUT2D eigenvalue weighted by Gasteiger charge is -2.07. The Morgan fingerprint density at radius 3 is 2.54 bits per heavy atom. The van der Waals surface area contributed by atoms with Crippen molar-refractivity contribution in [3.8, 4) is 0 Å². The fourth-order valence-corrected chi connectivity index (χ4v) is 2.49. The lowest BCUT2D eigenvalue weighted by Crippen LogP contribution is -2.13. The molecule has 0 aliphatic carbocycles. The number of rotatable bonds is 6. The molecule has 0 bridgehead atoms. The highest BCUT2D eigenvalue weighted by Crippen LogP contribution is 2.15. The monoisotopic (exact) mass is 328 g/mol. The normalized spacial score (nSPS) is 12.3. The van der Waals surface area contributed by atoms with E-state index in [4.69, 9.17) is 5.73 Å². The summed E-state index contributed by atoms with van der Waals surface area (Å²) in [4.78, 5) is 4.36. The zero-order valence-electron chi connectivity index (χ0n) is 13.0. The highest BCUT2D eigenvalue weighted by Gasteiger charge is 2.13. The van der Waals surface area contributed by atoms with Gasteiger partial charge in [0.15, 0.2) is 17.5 Å². The number of aromatic amines is 1. The zero-order chi connectivity index (χ0) is 16.9. The predicted molar refractivity (Wildman–Crippen MR) is 87.2 cm³/mol. The third kappa shape index (κ3) is 4.02. The molecule has 0 saturated heterocycles. The van der Waals surface area contributed by atoms with Crippen molar-refractivity contribution < 1.29 is 8.78 Å². The van der Waals surface area contributed by atoms with E-state index >= 15 is 0 Å². The van der Waals surface area contributed by atoms with Crippen LogP contribution in [0.15, 0.2) is 48.5 Å². The second kappa shape index (κ2) is 7.31. The van der Waals surface area contributed by atoms with Crippen LogP contribution in [0.5, 0.6) is 0 Å². The Bertz CT molecular complexity index is 802. The van der Waals surface area contributed by atoms with Crippen LogP contribution in [0.25, 0.3) is 0 Å². The molecule has 0 aliphatic heterocycles. The summed E-state index contributed by atoms with van der Waals surface area (Å²) in [5.41, 5.74) is 7.98. The van der Waals surface area contributed by atoms with E-state index in [0.29, 0.717) is 23.6 Å². The Balaban J connectivity index is 1.61. The van der Waals surface area contributed by atoms with E-state index in [1.165, 1.54) is 11.6 Å². The first-order chi connectivity index (χ1) is 11.6. The third-order valence-corrected chi connectivity index (χ3v) is 3.83. The summed E-state index contributed by atoms with van der Waals surface area (Å²) in [5, 5.41) is 6.94. The van der Waals surface area contributed by atoms with Crippen molar-refractivity contribution in [1.82, 2.24) is 15.2 Å².